The highest BCUT2D eigenvalue weighted by Gasteiger charge is 2.08. The monoisotopic (exact) mass is 315 g/mol. The fraction of sp³-hybridized carbons (Fsp3) is 0.143. The molecule has 2 aromatic carbocycles. The maximum Gasteiger partial charge on any atom is 0.156 e. The molecule has 2 rings (SSSR count). The lowest BCUT2D eigenvalue weighted by Crippen LogP contribution is -2.11. The molecule has 0 unspecified atom stereocenters. The first-order valence-electron chi connectivity index (χ1n) is 5.73. The molecule has 0 aliphatic carbocycles. The zero-order chi connectivity index (χ0) is 13.7. The summed E-state index contributed by atoms with van der Waals surface area (Å²) >= 11 is 17.9. The van der Waals surface area contributed by atoms with Crippen LogP contribution in [0.3, 0.4) is 0 Å². The summed E-state index contributed by atoms with van der Waals surface area (Å²) in [5.41, 5.74) is 1.04. The van der Waals surface area contributed by atoms with Crippen LogP contribution in [0.2, 0.25) is 15.1 Å². The van der Waals surface area contributed by atoms with Gasteiger partial charge in [-0.2, -0.15) is 0 Å². The van der Waals surface area contributed by atoms with E-state index in [-0.39, 0.29) is 0 Å². The van der Waals surface area contributed by atoms with Crippen LogP contribution < -0.4 is 10.1 Å². The first-order valence-corrected chi connectivity index (χ1v) is 6.86. The van der Waals surface area contributed by atoms with E-state index in [9.17, 15) is 0 Å². The van der Waals surface area contributed by atoms with Crippen molar-refractivity contribution >= 4 is 40.5 Å². The molecule has 0 saturated carbocycles. The van der Waals surface area contributed by atoms with Gasteiger partial charge < -0.3 is 10.1 Å². The van der Waals surface area contributed by atoms with Crippen molar-refractivity contribution in [2.75, 3.05) is 18.5 Å². The van der Waals surface area contributed by atoms with Gasteiger partial charge in [-0.15, -0.1) is 0 Å². The third-order valence-electron chi connectivity index (χ3n) is 2.41. The number of nitrogens with one attached hydrogen (secondary N) is 1. The van der Waals surface area contributed by atoms with Crippen LogP contribution in [0, 0.1) is 0 Å². The van der Waals surface area contributed by atoms with E-state index in [1.165, 1.54) is 0 Å². The minimum atomic E-state index is 0.414. The normalized spacial score (nSPS) is 10.3. The Labute approximate surface area is 127 Å². The Hall–Kier alpha value is -1.09. The molecule has 0 aliphatic heterocycles. The predicted octanol–water partition coefficient (Wildman–Crippen LogP) is 5.14. The molecule has 0 atom stereocenters. The van der Waals surface area contributed by atoms with Crippen LogP contribution in [0.1, 0.15) is 0 Å². The first kappa shape index (κ1) is 14.3. The standard InChI is InChI=1S/C14H12Cl3NO/c15-10-8-12(16)14(13(17)9-10)19-7-6-18-11-4-2-1-3-5-11/h1-5,8-9,18H,6-7H2. The number of halogens is 3. The molecule has 1 N–H and O–H groups in total. The molecule has 5 heteroatoms. The topological polar surface area (TPSA) is 21.3 Å². The Morgan fingerprint density at radius 2 is 1.58 bits per heavy atom. The number of hydrogen-bond donors (Lipinski definition) is 1. The highest BCUT2D eigenvalue weighted by atomic mass is 35.5. The maximum atomic E-state index is 6.02. The molecule has 0 amide bonds. The lowest BCUT2D eigenvalue weighted by Gasteiger charge is -2.11. The van der Waals surface area contributed by atoms with Crippen LogP contribution in [-0.4, -0.2) is 13.2 Å². The van der Waals surface area contributed by atoms with Crippen LogP contribution in [0.5, 0.6) is 5.75 Å². The Morgan fingerprint density at radius 3 is 2.21 bits per heavy atom. The average Bonchev–Trinajstić information content (AvgIpc) is 2.38. The van der Waals surface area contributed by atoms with Gasteiger partial charge in [0.05, 0.1) is 10.0 Å². The number of ether oxygens (including phenoxy) is 1. The second-order valence-corrected chi connectivity index (χ2v) is 5.09. The van der Waals surface area contributed by atoms with Crippen molar-refractivity contribution in [1.82, 2.24) is 0 Å². The summed E-state index contributed by atoms with van der Waals surface area (Å²) in [5, 5.41) is 4.55. The van der Waals surface area contributed by atoms with Crippen molar-refractivity contribution in [3.05, 3.63) is 57.5 Å². The second-order valence-electron chi connectivity index (χ2n) is 3.84. The smallest absolute Gasteiger partial charge is 0.156 e. The van der Waals surface area contributed by atoms with E-state index in [0.717, 1.165) is 5.69 Å². The number of benzene rings is 2. The Kier molecular flexibility index (Phi) is 5.20. The lowest BCUT2D eigenvalue weighted by atomic mass is 10.3. The molecule has 0 aliphatic rings. The van der Waals surface area contributed by atoms with Crippen molar-refractivity contribution in [2.24, 2.45) is 0 Å². The van der Waals surface area contributed by atoms with E-state index in [1.54, 1.807) is 12.1 Å². The minimum Gasteiger partial charge on any atom is -0.489 e. The summed E-state index contributed by atoms with van der Waals surface area (Å²) in [6.45, 7) is 1.11. The Balaban J connectivity index is 1.86. The average molecular weight is 317 g/mol. The van der Waals surface area contributed by atoms with Gasteiger partial charge in [0.1, 0.15) is 6.61 Å². The molecule has 0 aromatic heterocycles. The van der Waals surface area contributed by atoms with Gasteiger partial charge in [0.25, 0.3) is 0 Å². The van der Waals surface area contributed by atoms with Gasteiger partial charge in [-0.25, -0.2) is 0 Å². The van der Waals surface area contributed by atoms with Crippen molar-refractivity contribution in [3.8, 4) is 5.75 Å². The van der Waals surface area contributed by atoms with Gasteiger partial charge >= 0.3 is 0 Å². The molecule has 0 spiro atoms. The minimum absolute atomic E-state index is 0.414. The number of para-hydroxylation sites is 1. The van der Waals surface area contributed by atoms with Crippen LogP contribution in [0.25, 0.3) is 0 Å². The lowest BCUT2D eigenvalue weighted by molar-refractivity contribution is 0.333. The fourth-order valence-electron chi connectivity index (χ4n) is 1.57. The Morgan fingerprint density at radius 1 is 0.947 bits per heavy atom. The van der Waals surface area contributed by atoms with Gasteiger partial charge in [0.15, 0.2) is 5.75 Å². The molecule has 2 nitrogen and oxygen atoms in total. The van der Waals surface area contributed by atoms with E-state index in [1.807, 2.05) is 30.3 Å². The molecule has 0 radical (unpaired) electrons. The third-order valence-corrected chi connectivity index (χ3v) is 3.19. The molecule has 0 saturated heterocycles. The fourth-order valence-corrected chi connectivity index (χ4v) is 2.50. The van der Waals surface area contributed by atoms with Gasteiger partial charge in [0, 0.05) is 17.3 Å². The van der Waals surface area contributed by atoms with Gasteiger partial charge in [-0.05, 0) is 24.3 Å². The highest BCUT2D eigenvalue weighted by Crippen LogP contribution is 2.35. The van der Waals surface area contributed by atoms with Crippen LogP contribution in [0.15, 0.2) is 42.5 Å². The first-order chi connectivity index (χ1) is 9.16. The number of hydrogen-bond acceptors (Lipinski definition) is 2. The molecule has 100 valence electrons. The van der Waals surface area contributed by atoms with Crippen LogP contribution >= 0.6 is 34.8 Å². The summed E-state index contributed by atoms with van der Waals surface area (Å²) < 4.78 is 5.56. The predicted molar refractivity (Wildman–Crippen MR) is 81.9 cm³/mol. The summed E-state index contributed by atoms with van der Waals surface area (Å²) in [7, 11) is 0. The summed E-state index contributed by atoms with van der Waals surface area (Å²) in [6, 6.07) is 13.1. The van der Waals surface area contributed by atoms with Gasteiger partial charge in [0.2, 0.25) is 0 Å². The Bertz CT molecular complexity index is 523. The summed E-state index contributed by atoms with van der Waals surface area (Å²) in [4.78, 5) is 0. The summed E-state index contributed by atoms with van der Waals surface area (Å²) in [6.07, 6.45) is 0. The second kappa shape index (κ2) is 6.90. The number of anilines is 1. The van der Waals surface area contributed by atoms with E-state index < -0.39 is 0 Å². The molecular formula is C14H12Cl3NO. The highest BCUT2D eigenvalue weighted by molar-refractivity contribution is 6.40. The quantitative estimate of drug-likeness (QED) is 0.771. The van der Waals surface area contributed by atoms with Gasteiger partial charge in [-0.1, -0.05) is 53.0 Å². The zero-order valence-corrected chi connectivity index (χ0v) is 12.3. The molecule has 0 fully saturated rings. The van der Waals surface area contributed by atoms with Crippen molar-refractivity contribution in [2.45, 2.75) is 0 Å². The molecule has 0 bridgehead atoms. The van der Waals surface area contributed by atoms with Crippen LogP contribution in [0.4, 0.5) is 5.69 Å². The third kappa shape index (κ3) is 4.20. The van der Waals surface area contributed by atoms with E-state index >= 15 is 0 Å². The largest absolute Gasteiger partial charge is 0.489 e. The molecule has 0 heterocycles. The number of rotatable bonds is 5. The summed E-state index contributed by atoms with van der Waals surface area (Å²) in [5.74, 6) is 0.461. The molecular weight excluding hydrogens is 305 g/mol. The zero-order valence-electron chi connectivity index (χ0n) is 10.00. The van der Waals surface area contributed by atoms with Crippen molar-refractivity contribution < 1.29 is 4.74 Å². The van der Waals surface area contributed by atoms with E-state index in [2.05, 4.69) is 5.32 Å². The van der Waals surface area contributed by atoms with Crippen molar-refractivity contribution in [3.63, 3.8) is 0 Å². The SMILES string of the molecule is Clc1cc(Cl)c(OCCNc2ccccc2)c(Cl)c1. The van der Waals surface area contributed by atoms with Crippen molar-refractivity contribution in [1.29, 1.82) is 0 Å². The molecule has 19 heavy (non-hydrogen) atoms. The van der Waals surface area contributed by atoms with E-state index in [0.29, 0.717) is 34.0 Å². The van der Waals surface area contributed by atoms with E-state index in [4.69, 9.17) is 39.5 Å². The van der Waals surface area contributed by atoms with Gasteiger partial charge in [-0.3, -0.25) is 0 Å². The maximum absolute atomic E-state index is 6.02. The van der Waals surface area contributed by atoms with Crippen LogP contribution in [-0.2, 0) is 0 Å². The molecule has 2 aromatic rings.